The minimum absolute atomic E-state index is 0.123. The largest absolute Gasteiger partial charge is 0.383 e. The summed E-state index contributed by atoms with van der Waals surface area (Å²) in [5.41, 5.74) is 5.94. The summed E-state index contributed by atoms with van der Waals surface area (Å²) in [5.74, 6) is -0.493. The molecule has 0 aliphatic heterocycles. The summed E-state index contributed by atoms with van der Waals surface area (Å²) in [6, 6.07) is 3.31. The van der Waals surface area contributed by atoms with Gasteiger partial charge >= 0.3 is 0 Å². The molecular formula is C10H8F2IN3. The van der Waals surface area contributed by atoms with Crippen molar-refractivity contribution in [3.8, 4) is 0 Å². The van der Waals surface area contributed by atoms with Crippen LogP contribution in [0.25, 0.3) is 0 Å². The van der Waals surface area contributed by atoms with Gasteiger partial charge in [-0.05, 0) is 40.8 Å². The fourth-order valence-electron chi connectivity index (χ4n) is 1.32. The Labute approximate surface area is 104 Å². The van der Waals surface area contributed by atoms with Gasteiger partial charge in [0.15, 0.2) is 0 Å². The van der Waals surface area contributed by atoms with Gasteiger partial charge in [0.1, 0.15) is 17.5 Å². The fraction of sp³-hybridized carbons (Fsp3) is 0.100. The first-order chi connectivity index (χ1) is 7.58. The van der Waals surface area contributed by atoms with E-state index in [1.54, 1.807) is 6.20 Å². The molecule has 84 valence electrons. The molecule has 0 radical (unpaired) electrons. The van der Waals surface area contributed by atoms with Crippen molar-refractivity contribution in [2.24, 2.45) is 0 Å². The highest BCUT2D eigenvalue weighted by Crippen LogP contribution is 2.17. The molecule has 0 aliphatic rings. The Morgan fingerprint density at radius 2 is 2.12 bits per heavy atom. The van der Waals surface area contributed by atoms with E-state index >= 15 is 0 Å². The van der Waals surface area contributed by atoms with Crippen LogP contribution in [-0.2, 0) is 6.54 Å². The lowest BCUT2D eigenvalue weighted by atomic mass is 10.2. The number of halogens is 3. The summed E-state index contributed by atoms with van der Waals surface area (Å²) in [6.45, 7) is 0.123. The third kappa shape index (κ3) is 2.16. The van der Waals surface area contributed by atoms with Gasteiger partial charge in [-0.2, -0.15) is 5.10 Å². The molecule has 0 fully saturated rings. The average Bonchev–Trinajstić information content (AvgIpc) is 2.55. The number of benzene rings is 1. The first-order valence-corrected chi connectivity index (χ1v) is 5.56. The van der Waals surface area contributed by atoms with Crippen LogP contribution in [0.5, 0.6) is 0 Å². The Kier molecular flexibility index (Phi) is 3.08. The fourth-order valence-corrected chi connectivity index (χ4v) is 1.73. The molecule has 0 spiro atoms. The van der Waals surface area contributed by atoms with Gasteiger partial charge in [0, 0.05) is 5.56 Å². The van der Waals surface area contributed by atoms with E-state index in [0.29, 0.717) is 5.82 Å². The zero-order chi connectivity index (χ0) is 11.7. The second-order valence-electron chi connectivity index (χ2n) is 3.27. The van der Waals surface area contributed by atoms with Gasteiger partial charge in [0.25, 0.3) is 0 Å². The summed E-state index contributed by atoms with van der Waals surface area (Å²) < 4.78 is 28.5. The van der Waals surface area contributed by atoms with Crippen molar-refractivity contribution in [1.29, 1.82) is 0 Å². The maximum absolute atomic E-state index is 13.3. The molecule has 1 heterocycles. The van der Waals surface area contributed by atoms with Crippen LogP contribution in [0.15, 0.2) is 24.4 Å². The normalized spacial score (nSPS) is 10.7. The predicted octanol–water partition coefficient (Wildman–Crippen LogP) is 2.40. The standard InChI is InChI=1S/C10H8F2IN3/c11-7-1-2-8(12)6(3-7)5-16-10(14)9(13)4-15-16/h1-4H,5,14H2. The molecule has 0 saturated heterocycles. The summed E-state index contributed by atoms with van der Waals surface area (Å²) in [6.07, 6.45) is 1.58. The third-order valence-electron chi connectivity index (χ3n) is 2.16. The number of nitrogens with two attached hydrogens (primary N) is 1. The van der Waals surface area contributed by atoms with Gasteiger partial charge in [0.05, 0.1) is 16.3 Å². The van der Waals surface area contributed by atoms with Crippen molar-refractivity contribution in [2.75, 3.05) is 5.73 Å². The first-order valence-electron chi connectivity index (χ1n) is 4.48. The summed E-state index contributed by atoms with van der Waals surface area (Å²) >= 11 is 2.03. The van der Waals surface area contributed by atoms with E-state index in [1.807, 2.05) is 22.6 Å². The minimum Gasteiger partial charge on any atom is -0.383 e. The van der Waals surface area contributed by atoms with E-state index in [9.17, 15) is 8.78 Å². The van der Waals surface area contributed by atoms with Gasteiger partial charge in [-0.25, -0.2) is 13.5 Å². The molecule has 6 heteroatoms. The molecule has 0 atom stereocenters. The number of aromatic nitrogens is 2. The smallest absolute Gasteiger partial charge is 0.135 e. The molecule has 2 rings (SSSR count). The summed E-state index contributed by atoms with van der Waals surface area (Å²) in [5, 5.41) is 3.98. The molecule has 0 bridgehead atoms. The number of nitrogen functional groups attached to an aromatic ring is 1. The Bertz CT molecular complexity index is 525. The van der Waals surface area contributed by atoms with Gasteiger partial charge in [-0.15, -0.1) is 0 Å². The molecule has 0 aliphatic carbocycles. The number of nitrogens with zero attached hydrogens (tertiary/aromatic N) is 2. The predicted molar refractivity (Wildman–Crippen MR) is 64.8 cm³/mol. The Morgan fingerprint density at radius 1 is 1.38 bits per heavy atom. The van der Waals surface area contributed by atoms with E-state index in [2.05, 4.69) is 5.10 Å². The summed E-state index contributed by atoms with van der Waals surface area (Å²) in [4.78, 5) is 0. The molecule has 0 amide bonds. The zero-order valence-electron chi connectivity index (χ0n) is 8.12. The number of anilines is 1. The van der Waals surface area contributed by atoms with Crippen molar-refractivity contribution in [1.82, 2.24) is 9.78 Å². The molecular weight excluding hydrogens is 327 g/mol. The van der Waals surface area contributed by atoms with E-state index in [4.69, 9.17) is 5.73 Å². The van der Waals surface area contributed by atoms with Gasteiger partial charge in [-0.1, -0.05) is 0 Å². The molecule has 3 nitrogen and oxygen atoms in total. The molecule has 2 aromatic rings. The van der Waals surface area contributed by atoms with Crippen LogP contribution < -0.4 is 5.73 Å². The second kappa shape index (κ2) is 4.36. The maximum atomic E-state index is 13.3. The van der Waals surface area contributed by atoms with Crippen molar-refractivity contribution in [3.05, 3.63) is 45.2 Å². The van der Waals surface area contributed by atoms with Crippen LogP contribution in [0.1, 0.15) is 5.56 Å². The average molecular weight is 335 g/mol. The lowest BCUT2D eigenvalue weighted by Crippen LogP contribution is -2.08. The quantitative estimate of drug-likeness (QED) is 0.857. The van der Waals surface area contributed by atoms with E-state index < -0.39 is 11.6 Å². The van der Waals surface area contributed by atoms with Crippen LogP contribution in [0.4, 0.5) is 14.6 Å². The highest BCUT2D eigenvalue weighted by molar-refractivity contribution is 14.1. The Morgan fingerprint density at radius 3 is 2.75 bits per heavy atom. The Balaban J connectivity index is 2.33. The van der Waals surface area contributed by atoms with Crippen LogP contribution >= 0.6 is 22.6 Å². The van der Waals surface area contributed by atoms with Crippen LogP contribution in [0.3, 0.4) is 0 Å². The molecule has 2 N–H and O–H groups in total. The minimum atomic E-state index is -0.475. The van der Waals surface area contributed by atoms with Gasteiger partial charge in [-0.3, -0.25) is 0 Å². The van der Waals surface area contributed by atoms with Crippen LogP contribution in [-0.4, -0.2) is 9.78 Å². The zero-order valence-corrected chi connectivity index (χ0v) is 10.3. The topological polar surface area (TPSA) is 43.8 Å². The molecule has 1 aromatic carbocycles. The van der Waals surface area contributed by atoms with Crippen molar-refractivity contribution < 1.29 is 8.78 Å². The SMILES string of the molecule is Nc1c(I)cnn1Cc1cc(F)ccc1F. The summed E-state index contributed by atoms with van der Waals surface area (Å²) in [7, 11) is 0. The van der Waals surface area contributed by atoms with Crippen molar-refractivity contribution in [3.63, 3.8) is 0 Å². The number of rotatable bonds is 2. The molecule has 16 heavy (non-hydrogen) atoms. The lowest BCUT2D eigenvalue weighted by Gasteiger charge is -2.05. The highest BCUT2D eigenvalue weighted by atomic mass is 127. The van der Waals surface area contributed by atoms with Crippen molar-refractivity contribution >= 4 is 28.4 Å². The number of hydrogen-bond donors (Lipinski definition) is 1. The lowest BCUT2D eigenvalue weighted by molar-refractivity contribution is 0.568. The van der Waals surface area contributed by atoms with Crippen molar-refractivity contribution in [2.45, 2.75) is 6.54 Å². The molecule has 1 aromatic heterocycles. The Hall–Kier alpha value is -1.18. The van der Waals surface area contributed by atoms with E-state index in [1.165, 1.54) is 4.68 Å². The second-order valence-corrected chi connectivity index (χ2v) is 4.43. The van der Waals surface area contributed by atoms with E-state index in [-0.39, 0.29) is 12.1 Å². The van der Waals surface area contributed by atoms with E-state index in [0.717, 1.165) is 21.8 Å². The molecule has 0 saturated carbocycles. The van der Waals surface area contributed by atoms with Crippen LogP contribution in [0, 0.1) is 15.2 Å². The molecule has 0 unspecified atom stereocenters. The van der Waals surface area contributed by atoms with Crippen LogP contribution in [0.2, 0.25) is 0 Å². The third-order valence-corrected chi connectivity index (χ3v) is 2.99. The number of hydrogen-bond acceptors (Lipinski definition) is 2. The maximum Gasteiger partial charge on any atom is 0.135 e. The van der Waals surface area contributed by atoms with Gasteiger partial charge < -0.3 is 5.73 Å². The highest BCUT2D eigenvalue weighted by Gasteiger charge is 2.09. The monoisotopic (exact) mass is 335 g/mol. The van der Waals surface area contributed by atoms with Gasteiger partial charge in [0.2, 0.25) is 0 Å². The first kappa shape index (κ1) is 11.3.